The molecule has 0 N–H and O–H groups in total. The van der Waals surface area contributed by atoms with E-state index in [0.717, 1.165) is 24.2 Å². The standard InChI is InChI=1S/C25H26N4O3/c1-32-23-10-6-5-9-20(23)24(30)27-13-15-28(16-14-27)25(31)22-17-21(18-11-12-18)26-29(22)19-7-3-2-4-8-19/h2-10,17-18H,11-16H2,1H3. The SMILES string of the molecule is COc1ccccc1C(=O)N1CCN(C(=O)c2cc(C3CC3)nn2-c2ccccc2)CC1. The van der Waals surface area contributed by atoms with Crippen molar-refractivity contribution >= 4 is 11.8 Å². The molecule has 7 heteroatoms. The number of aromatic nitrogens is 2. The van der Waals surface area contributed by atoms with E-state index in [1.807, 2.05) is 53.4 Å². The van der Waals surface area contributed by atoms with Crippen LogP contribution in [-0.2, 0) is 0 Å². The molecule has 1 aliphatic heterocycles. The summed E-state index contributed by atoms with van der Waals surface area (Å²) in [4.78, 5) is 30.0. The van der Waals surface area contributed by atoms with Gasteiger partial charge < -0.3 is 14.5 Å². The zero-order chi connectivity index (χ0) is 22.1. The number of hydrogen-bond donors (Lipinski definition) is 0. The van der Waals surface area contributed by atoms with Gasteiger partial charge in [0.15, 0.2) is 0 Å². The molecule has 5 rings (SSSR count). The van der Waals surface area contributed by atoms with Gasteiger partial charge in [0, 0.05) is 32.1 Å². The van der Waals surface area contributed by atoms with E-state index < -0.39 is 0 Å². The Bertz CT molecular complexity index is 1130. The van der Waals surface area contributed by atoms with Crippen molar-refractivity contribution in [3.8, 4) is 11.4 Å². The van der Waals surface area contributed by atoms with Crippen molar-refractivity contribution in [2.75, 3.05) is 33.3 Å². The second-order valence-electron chi connectivity index (χ2n) is 8.26. The third-order valence-electron chi connectivity index (χ3n) is 6.14. The zero-order valence-corrected chi connectivity index (χ0v) is 18.1. The second kappa shape index (κ2) is 8.49. The molecule has 3 aromatic rings. The fourth-order valence-corrected chi connectivity index (χ4v) is 4.16. The number of rotatable bonds is 5. The lowest BCUT2D eigenvalue weighted by Crippen LogP contribution is -2.51. The van der Waals surface area contributed by atoms with E-state index in [4.69, 9.17) is 9.84 Å². The smallest absolute Gasteiger partial charge is 0.272 e. The predicted molar refractivity (Wildman–Crippen MR) is 120 cm³/mol. The van der Waals surface area contributed by atoms with Crippen LogP contribution in [0.2, 0.25) is 0 Å². The van der Waals surface area contributed by atoms with Crippen molar-refractivity contribution in [2.45, 2.75) is 18.8 Å². The Morgan fingerprint density at radius 3 is 2.16 bits per heavy atom. The van der Waals surface area contributed by atoms with Gasteiger partial charge in [-0.25, -0.2) is 4.68 Å². The maximum Gasteiger partial charge on any atom is 0.272 e. The second-order valence-corrected chi connectivity index (χ2v) is 8.26. The average molecular weight is 431 g/mol. The van der Waals surface area contributed by atoms with E-state index in [2.05, 4.69) is 0 Å². The maximum atomic E-state index is 13.4. The lowest BCUT2D eigenvalue weighted by atomic mass is 10.1. The molecule has 7 nitrogen and oxygen atoms in total. The number of nitrogens with zero attached hydrogens (tertiary/aromatic N) is 4. The molecule has 32 heavy (non-hydrogen) atoms. The monoisotopic (exact) mass is 430 g/mol. The number of para-hydroxylation sites is 2. The van der Waals surface area contributed by atoms with Crippen LogP contribution < -0.4 is 4.74 Å². The maximum absolute atomic E-state index is 13.4. The Hall–Kier alpha value is -3.61. The molecule has 1 saturated carbocycles. The molecule has 0 unspecified atom stereocenters. The summed E-state index contributed by atoms with van der Waals surface area (Å²) in [5, 5.41) is 4.75. The number of piperazine rings is 1. The minimum absolute atomic E-state index is 0.0438. The number of methoxy groups -OCH3 is 1. The molecule has 0 atom stereocenters. The van der Waals surface area contributed by atoms with Gasteiger partial charge >= 0.3 is 0 Å². The number of ether oxygens (including phenoxy) is 1. The number of amides is 2. The van der Waals surface area contributed by atoms with Gasteiger partial charge in [-0.2, -0.15) is 5.10 Å². The van der Waals surface area contributed by atoms with Crippen LogP contribution in [0, 0.1) is 0 Å². The Labute approximate surface area is 187 Å². The summed E-state index contributed by atoms with van der Waals surface area (Å²) in [6, 6.07) is 19.0. The predicted octanol–water partition coefficient (Wildman–Crippen LogP) is 3.36. The molecule has 164 valence electrons. The minimum Gasteiger partial charge on any atom is -0.496 e. The molecule has 2 aliphatic rings. The summed E-state index contributed by atoms with van der Waals surface area (Å²) in [6.45, 7) is 1.94. The molecular formula is C25H26N4O3. The number of benzene rings is 2. The van der Waals surface area contributed by atoms with Crippen LogP contribution >= 0.6 is 0 Å². The largest absolute Gasteiger partial charge is 0.496 e. The van der Waals surface area contributed by atoms with Gasteiger partial charge in [0.05, 0.1) is 24.1 Å². The number of carbonyl (C=O) groups excluding carboxylic acids is 2. The first-order chi connectivity index (χ1) is 15.7. The Morgan fingerprint density at radius 2 is 1.50 bits per heavy atom. The molecular weight excluding hydrogens is 404 g/mol. The van der Waals surface area contributed by atoms with E-state index in [-0.39, 0.29) is 11.8 Å². The average Bonchev–Trinajstić information content (AvgIpc) is 3.62. The van der Waals surface area contributed by atoms with Crippen molar-refractivity contribution in [3.63, 3.8) is 0 Å². The molecule has 2 heterocycles. The number of hydrogen-bond acceptors (Lipinski definition) is 4. The van der Waals surface area contributed by atoms with Crippen LogP contribution in [0.4, 0.5) is 0 Å². The minimum atomic E-state index is -0.0695. The fourth-order valence-electron chi connectivity index (χ4n) is 4.16. The number of carbonyl (C=O) groups is 2. The van der Waals surface area contributed by atoms with E-state index in [9.17, 15) is 9.59 Å². The molecule has 2 aromatic carbocycles. The van der Waals surface area contributed by atoms with Crippen molar-refractivity contribution < 1.29 is 14.3 Å². The van der Waals surface area contributed by atoms with Crippen molar-refractivity contribution in [2.24, 2.45) is 0 Å². The Kier molecular flexibility index (Phi) is 5.39. The fraction of sp³-hybridized carbons (Fsp3) is 0.320. The zero-order valence-electron chi connectivity index (χ0n) is 18.1. The quantitative estimate of drug-likeness (QED) is 0.623. The molecule has 1 aliphatic carbocycles. The van der Waals surface area contributed by atoms with Crippen molar-refractivity contribution in [1.29, 1.82) is 0 Å². The topological polar surface area (TPSA) is 67.7 Å². The summed E-state index contributed by atoms with van der Waals surface area (Å²) in [5.41, 5.74) is 3.00. The highest BCUT2D eigenvalue weighted by atomic mass is 16.5. The van der Waals surface area contributed by atoms with Crippen LogP contribution in [-0.4, -0.2) is 64.7 Å². The van der Waals surface area contributed by atoms with Crippen LogP contribution in [0.15, 0.2) is 60.7 Å². The first kappa shape index (κ1) is 20.3. The molecule has 0 bridgehead atoms. The van der Waals surface area contributed by atoms with Gasteiger partial charge in [0.25, 0.3) is 11.8 Å². The van der Waals surface area contributed by atoms with E-state index >= 15 is 0 Å². The Balaban J connectivity index is 1.32. The molecule has 0 radical (unpaired) electrons. The molecule has 2 fully saturated rings. The van der Waals surface area contributed by atoms with E-state index in [0.29, 0.717) is 49.1 Å². The van der Waals surface area contributed by atoms with Crippen LogP contribution in [0.3, 0.4) is 0 Å². The molecule has 1 aromatic heterocycles. The van der Waals surface area contributed by atoms with Gasteiger partial charge in [-0.3, -0.25) is 9.59 Å². The van der Waals surface area contributed by atoms with Crippen LogP contribution in [0.25, 0.3) is 5.69 Å². The first-order valence-electron chi connectivity index (χ1n) is 11.0. The highest BCUT2D eigenvalue weighted by Gasteiger charge is 2.32. The van der Waals surface area contributed by atoms with E-state index in [1.165, 1.54) is 0 Å². The third-order valence-corrected chi connectivity index (χ3v) is 6.14. The van der Waals surface area contributed by atoms with Gasteiger partial charge in [-0.05, 0) is 43.2 Å². The summed E-state index contributed by atoms with van der Waals surface area (Å²) in [5.74, 6) is 0.912. The lowest BCUT2D eigenvalue weighted by Gasteiger charge is -2.35. The summed E-state index contributed by atoms with van der Waals surface area (Å²) in [6.07, 6.45) is 2.26. The van der Waals surface area contributed by atoms with Gasteiger partial charge in [0.1, 0.15) is 11.4 Å². The van der Waals surface area contributed by atoms with Crippen molar-refractivity contribution in [1.82, 2.24) is 19.6 Å². The Morgan fingerprint density at radius 1 is 0.875 bits per heavy atom. The molecule has 2 amide bonds. The van der Waals surface area contributed by atoms with Gasteiger partial charge in [-0.15, -0.1) is 0 Å². The van der Waals surface area contributed by atoms with E-state index in [1.54, 1.807) is 28.8 Å². The normalized spacial score (nSPS) is 16.2. The van der Waals surface area contributed by atoms with Gasteiger partial charge in [0.2, 0.25) is 0 Å². The lowest BCUT2D eigenvalue weighted by molar-refractivity contribution is 0.0528. The van der Waals surface area contributed by atoms with Gasteiger partial charge in [-0.1, -0.05) is 30.3 Å². The van der Waals surface area contributed by atoms with Crippen molar-refractivity contribution in [3.05, 3.63) is 77.6 Å². The summed E-state index contributed by atoms with van der Waals surface area (Å²) in [7, 11) is 1.56. The highest BCUT2D eigenvalue weighted by molar-refractivity contribution is 5.97. The first-order valence-corrected chi connectivity index (χ1v) is 11.0. The molecule has 0 spiro atoms. The summed E-state index contributed by atoms with van der Waals surface area (Å²) >= 11 is 0. The van der Waals surface area contributed by atoms with Crippen LogP contribution in [0.5, 0.6) is 5.75 Å². The third kappa shape index (κ3) is 3.86. The van der Waals surface area contributed by atoms with Crippen LogP contribution in [0.1, 0.15) is 45.3 Å². The highest BCUT2D eigenvalue weighted by Crippen LogP contribution is 2.40. The molecule has 1 saturated heterocycles. The summed E-state index contributed by atoms with van der Waals surface area (Å²) < 4.78 is 7.10.